The molecule has 2 amide bonds. The SMILES string of the molecule is COc1ccc(C)cc1NC(=O)C(=O)N[C@@H](C)c1ccc(F)cc1. The normalized spacial score (nSPS) is 11.5. The highest BCUT2D eigenvalue weighted by Gasteiger charge is 2.18. The molecule has 0 saturated carbocycles. The molecule has 2 aromatic rings. The summed E-state index contributed by atoms with van der Waals surface area (Å²) < 4.78 is 18.1. The Labute approximate surface area is 139 Å². The van der Waals surface area contributed by atoms with Gasteiger partial charge < -0.3 is 15.4 Å². The summed E-state index contributed by atoms with van der Waals surface area (Å²) in [4.78, 5) is 24.1. The molecule has 6 heteroatoms. The highest BCUT2D eigenvalue weighted by molar-refractivity contribution is 6.39. The number of hydrogen-bond donors (Lipinski definition) is 2. The fraction of sp³-hybridized carbons (Fsp3) is 0.222. The minimum atomic E-state index is -0.798. The topological polar surface area (TPSA) is 67.4 Å². The maximum Gasteiger partial charge on any atom is 0.313 e. The van der Waals surface area contributed by atoms with Crippen molar-refractivity contribution in [3.05, 3.63) is 59.4 Å². The molecule has 126 valence electrons. The van der Waals surface area contributed by atoms with E-state index in [-0.39, 0.29) is 5.82 Å². The van der Waals surface area contributed by atoms with Crippen LogP contribution in [0.4, 0.5) is 10.1 Å². The van der Waals surface area contributed by atoms with Gasteiger partial charge >= 0.3 is 11.8 Å². The fourth-order valence-electron chi connectivity index (χ4n) is 2.20. The summed E-state index contributed by atoms with van der Waals surface area (Å²) in [7, 11) is 1.48. The predicted octanol–water partition coefficient (Wildman–Crippen LogP) is 2.96. The van der Waals surface area contributed by atoms with Crippen molar-refractivity contribution in [1.82, 2.24) is 5.32 Å². The third-order valence-electron chi connectivity index (χ3n) is 3.53. The molecular weight excluding hydrogens is 311 g/mol. The minimum absolute atomic E-state index is 0.360. The average Bonchev–Trinajstić information content (AvgIpc) is 2.55. The molecule has 2 rings (SSSR count). The van der Waals surface area contributed by atoms with Gasteiger partial charge in [0.05, 0.1) is 18.8 Å². The molecule has 0 aliphatic rings. The summed E-state index contributed by atoms with van der Waals surface area (Å²) in [5.41, 5.74) is 2.05. The standard InChI is InChI=1S/C18H19FN2O3/c1-11-4-9-16(24-3)15(10-11)21-18(23)17(22)20-12(2)13-5-7-14(19)8-6-13/h4-10,12H,1-3H3,(H,20,22)(H,21,23)/t12-/m0/s1. The first kappa shape index (κ1) is 17.5. The molecule has 2 N–H and O–H groups in total. The lowest BCUT2D eigenvalue weighted by molar-refractivity contribution is -0.136. The quantitative estimate of drug-likeness (QED) is 0.847. The zero-order valence-electron chi connectivity index (χ0n) is 13.7. The van der Waals surface area contributed by atoms with E-state index < -0.39 is 17.9 Å². The number of nitrogens with one attached hydrogen (secondary N) is 2. The van der Waals surface area contributed by atoms with Crippen molar-refractivity contribution in [2.75, 3.05) is 12.4 Å². The second-order valence-corrected chi connectivity index (χ2v) is 5.40. The highest BCUT2D eigenvalue weighted by Crippen LogP contribution is 2.25. The van der Waals surface area contributed by atoms with Crippen LogP contribution in [0, 0.1) is 12.7 Å². The molecule has 0 heterocycles. The predicted molar refractivity (Wildman–Crippen MR) is 89.3 cm³/mol. The van der Waals surface area contributed by atoms with E-state index in [1.54, 1.807) is 31.2 Å². The summed E-state index contributed by atoms with van der Waals surface area (Å²) in [5.74, 6) is -1.47. The number of anilines is 1. The van der Waals surface area contributed by atoms with Gasteiger partial charge in [-0.3, -0.25) is 9.59 Å². The number of halogens is 1. The first-order valence-corrected chi connectivity index (χ1v) is 7.42. The number of methoxy groups -OCH3 is 1. The molecule has 0 unspecified atom stereocenters. The van der Waals surface area contributed by atoms with Crippen LogP contribution in [0.5, 0.6) is 5.75 Å². The third kappa shape index (κ3) is 4.32. The highest BCUT2D eigenvalue weighted by atomic mass is 19.1. The maximum atomic E-state index is 12.9. The second-order valence-electron chi connectivity index (χ2n) is 5.40. The first-order valence-electron chi connectivity index (χ1n) is 7.42. The summed E-state index contributed by atoms with van der Waals surface area (Å²) in [6, 6.07) is 10.6. The Bertz CT molecular complexity index is 744. The lowest BCUT2D eigenvalue weighted by Crippen LogP contribution is -2.37. The molecule has 0 aliphatic heterocycles. The van der Waals surface area contributed by atoms with Crippen LogP contribution in [0.1, 0.15) is 24.1 Å². The lowest BCUT2D eigenvalue weighted by Gasteiger charge is -2.15. The lowest BCUT2D eigenvalue weighted by atomic mass is 10.1. The van der Waals surface area contributed by atoms with Crippen molar-refractivity contribution < 1.29 is 18.7 Å². The Hall–Kier alpha value is -2.89. The Balaban J connectivity index is 2.03. The van der Waals surface area contributed by atoms with Crippen molar-refractivity contribution >= 4 is 17.5 Å². The smallest absolute Gasteiger partial charge is 0.313 e. The van der Waals surface area contributed by atoms with Gasteiger partial charge in [0.2, 0.25) is 0 Å². The fourth-order valence-corrected chi connectivity index (χ4v) is 2.20. The molecule has 0 bridgehead atoms. The van der Waals surface area contributed by atoms with Crippen LogP contribution in [-0.4, -0.2) is 18.9 Å². The van der Waals surface area contributed by atoms with Gasteiger partial charge in [-0.1, -0.05) is 18.2 Å². The number of carbonyl (C=O) groups excluding carboxylic acids is 2. The largest absolute Gasteiger partial charge is 0.495 e. The summed E-state index contributed by atoms with van der Waals surface area (Å²) in [5, 5.41) is 5.11. The molecule has 0 saturated heterocycles. The summed E-state index contributed by atoms with van der Waals surface area (Å²) >= 11 is 0. The van der Waals surface area contributed by atoms with Gasteiger partial charge in [0.1, 0.15) is 11.6 Å². The van der Waals surface area contributed by atoms with Crippen LogP contribution in [0.25, 0.3) is 0 Å². The van der Waals surface area contributed by atoms with Gasteiger partial charge in [-0.25, -0.2) is 4.39 Å². The first-order chi connectivity index (χ1) is 11.4. The Morgan fingerprint density at radius 2 is 1.75 bits per heavy atom. The van der Waals surface area contributed by atoms with Crippen LogP contribution in [0.2, 0.25) is 0 Å². The van der Waals surface area contributed by atoms with Gasteiger partial charge in [0.25, 0.3) is 0 Å². The number of amides is 2. The molecule has 0 spiro atoms. The number of carbonyl (C=O) groups is 2. The van der Waals surface area contributed by atoms with Crippen LogP contribution in [0.15, 0.2) is 42.5 Å². The zero-order valence-corrected chi connectivity index (χ0v) is 13.7. The van der Waals surface area contributed by atoms with Crippen LogP contribution in [-0.2, 0) is 9.59 Å². The van der Waals surface area contributed by atoms with E-state index >= 15 is 0 Å². The molecular formula is C18H19FN2O3. The van der Waals surface area contributed by atoms with Gasteiger partial charge in [0, 0.05) is 0 Å². The maximum absolute atomic E-state index is 12.9. The molecule has 0 aliphatic carbocycles. The molecule has 5 nitrogen and oxygen atoms in total. The summed E-state index contributed by atoms with van der Waals surface area (Å²) in [6.07, 6.45) is 0. The Kier molecular flexibility index (Phi) is 5.52. The van der Waals surface area contributed by atoms with Gasteiger partial charge in [-0.05, 0) is 49.2 Å². The Morgan fingerprint density at radius 3 is 2.38 bits per heavy atom. The van der Waals surface area contributed by atoms with Gasteiger partial charge in [0.15, 0.2) is 0 Å². The monoisotopic (exact) mass is 330 g/mol. The van der Waals surface area contributed by atoms with Crippen molar-refractivity contribution in [1.29, 1.82) is 0 Å². The second kappa shape index (κ2) is 7.59. The van der Waals surface area contributed by atoms with E-state index in [2.05, 4.69) is 10.6 Å². The van der Waals surface area contributed by atoms with Crippen LogP contribution < -0.4 is 15.4 Å². The van der Waals surface area contributed by atoms with E-state index in [4.69, 9.17) is 4.74 Å². The van der Waals surface area contributed by atoms with Crippen molar-refractivity contribution in [3.8, 4) is 5.75 Å². The average molecular weight is 330 g/mol. The molecule has 0 fully saturated rings. The molecule has 0 radical (unpaired) electrons. The van der Waals surface area contributed by atoms with E-state index in [1.807, 2.05) is 13.0 Å². The number of ether oxygens (including phenoxy) is 1. The molecule has 0 aromatic heterocycles. The molecule has 24 heavy (non-hydrogen) atoms. The van der Waals surface area contributed by atoms with E-state index in [1.165, 1.54) is 19.2 Å². The van der Waals surface area contributed by atoms with Crippen LogP contribution >= 0.6 is 0 Å². The van der Waals surface area contributed by atoms with Crippen LogP contribution in [0.3, 0.4) is 0 Å². The Morgan fingerprint density at radius 1 is 1.08 bits per heavy atom. The summed E-state index contributed by atoms with van der Waals surface area (Å²) in [6.45, 7) is 3.58. The van der Waals surface area contributed by atoms with Gasteiger partial charge in [-0.15, -0.1) is 0 Å². The number of benzene rings is 2. The van der Waals surface area contributed by atoms with E-state index in [9.17, 15) is 14.0 Å². The molecule has 1 atom stereocenters. The number of aryl methyl sites for hydroxylation is 1. The van der Waals surface area contributed by atoms with E-state index in [0.29, 0.717) is 17.0 Å². The van der Waals surface area contributed by atoms with Crippen molar-refractivity contribution in [3.63, 3.8) is 0 Å². The zero-order chi connectivity index (χ0) is 17.7. The van der Waals surface area contributed by atoms with Crippen molar-refractivity contribution in [2.45, 2.75) is 19.9 Å². The van der Waals surface area contributed by atoms with E-state index in [0.717, 1.165) is 5.56 Å². The minimum Gasteiger partial charge on any atom is -0.495 e. The van der Waals surface area contributed by atoms with Crippen molar-refractivity contribution in [2.24, 2.45) is 0 Å². The third-order valence-corrected chi connectivity index (χ3v) is 3.53. The number of rotatable bonds is 4. The molecule has 2 aromatic carbocycles. The number of hydrogen-bond acceptors (Lipinski definition) is 3. The van der Waals surface area contributed by atoms with Gasteiger partial charge in [-0.2, -0.15) is 0 Å².